The molecule has 0 aliphatic rings. The zero-order chi connectivity index (χ0) is 14.5. The molecular formula is C13H21ClN2O2S. The van der Waals surface area contributed by atoms with Gasteiger partial charge in [0.15, 0.2) is 5.13 Å². The van der Waals surface area contributed by atoms with Crippen molar-refractivity contribution in [2.45, 2.75) is 40.0 Å². The van der Waals surface area contributed by atoms with Crippen molar-refractivity contribution in [1.29, 1.82) is 0 Å². The first-order valence-corrected chi connectivity index (χ1v) is 7.61. The maximum absolute atomic E-state index is 10.7. The summed E-state index contributed by atoms with van der Waals surface area (Å²) in [7, 11) is 0. The number of hydrogen-bond donors (Lipinski definition) is 2. The number of thiazole rings is 1. The second-order valence-electron chi connectivity index (χ2n) is 5.69. The highest BCUT2D eigenvalue weighted by Crippen LogP contribution is 2.32. The van der Waals surface area contributed by atoms with Crippen molar-refractivity contribution in [3.63, 3.8) is 0 Å². The number of rotatable bonds is 7. The van der Waals surface area contributed by atoms with Crippen LogP contribution in [0, 0.1) is 11.3 Å². The number of aromatic nitrogens is 1. The van der Waals surface area contributed by atoms with Crippen LogP contribution in [0.25, 0.3) is 0 Å². The molecule has 0 bridgehead atoms. The number of carbonyl (C=O) groups is 1. The van der Waals surface area contributed by atoms with E-state index in [4.69, 9.17) is 16.7 Å². The van der Waals surface area contributed by atoms with Crippen LogP contribution in [-0.4, -0.2) is 22.6 Å². The quantitative estimate of drug-likeness (QED) is 0.795. The first kappa shape index (κ1) is 16.2. The van der Waals surface area contributed by atoms with Crippen molar-refractivity contribution in [3.05, 3.63) is 10.5 Å². The predicted molar refractivity (Wildman–Crippen MR) is 80.0 cm³/mol. The van der Waals surface area contributed by atoms with Crippen molar-refractivity contribution in [2.75, 3.05) is 11.9 Å². The van der Waals surface area contributed by atoms with Crippen molar-refractivity contribution in [2.24, 2.45) is 11.3 Å². The van der Waals surface area contributed by atoms with Gasteiger partial charge in [0.25, 0.3) is 0 Å². The SMILES string of the molecule is CC(C)(C)C(CCNc1nc(Cl)cs1)CCC(=O)O. The molecule has 4 nitrogen and oxygen atoms in total. The van der Waals surface area contributed by atoms with E-state index in [9.17, 15) is 4.79 Å². The molecule has 1 atom stereocenters. The molecule has 0 saturated heterocycles. The highest BCUT2D eigenvalue weighted by atomic mass is 35.5. The Morgan fingerprint density at radius 1 is 1.53 bits per heavy atom. The largest absolute Gasteiger partial charge is 0.481 e. The number of hydrogen-bond acceptors (Lipinski definition) is 4. The standard InChI is InChI=1S/C13H21ClN2O2S/c1-13(2,3)9(4-5-11(17)18)6-7-15-12-16-10(14)8-19-12/h8-9H,4-7H2,1-3H3,(H,15,16)(H,17,18). The van der Waals surface area contributed by atoms with E-state index in [0.717, 1.165) is 18.1 Å². The van der Waals surface area contributed by atoms with Crippen LogP contribution in [0.3, 0.4) is 0 Å². The van der Waals surface area contributed by atoms with E-state index in [1.165, 1.54) is 11.3 Å². The highest BCUT2D eigenvalue weighted by Gasteiger charge is 2.24. The fourth-order valence-electron chi connectivity index (χ4n) is 2.00. The highest BCUT2D eigenvalue weighted by molar-refractivity contribution is 7.14. The Hall–Kier alpha value is -0.810. The van der Waals surface area contributed by atoms with Gasteiger partial charge in [-0.3, -0.25) is 4.79 Å². The number of halogens is 1. The molecule has 19 heavy (non-hydrogen) atoms. The maximum atomic E-state index is 10.7. The zero-order valence-corrected chi connectivity index (χ0v) is 13.1. The summed E-state index contributed by atoms with van der Waals surface area (Å²) >= 11 is 7.23. The van der Waals surface area contributed by atoms with E-state index in [0.29, 0.717) is 17.5 Å². The van der Waals surface area contributed by atoms with Crippen molar-refractivity contribution in [3.8, 4) is 0 Å². The van der Waals surface area contributed by atoms with Crippen LogP contribution in [0.1, 0.15) is 40.0 Å². The van der Waals surface area contributed by atoms with Gasteiger partial charge in [-0.15, -0.1) is 11.3 Å². The third-order valence-electron chi connectivity index (χ3n) is 3.18. The number of nitrogens with zero attached hydrogens (tertiary/aromatic N) is 1. The van der Waals surface area contributed by atoms with E-state index in [1.807, 2.05) is 0 Å². The molecule has 0 aromatic carbocycles. The summed E-state index contributed by atoms with van der Waals surface area (Å²) in [5, 5.41) is 15.1. The first-order chi connectivity index (χ1) is 8.79. The van der Waals surface area contributed by atoms with Crippen LogP contribution < -0.4 is 5.32 Å². The molecule has 6 heteroatoms. The summed E-state index contributed by atoms with van der Waals surface area (Å²) in [4.78, 5) is 14.8. The first-order valence-electron chi connectivity index (χ1n) is 6.35. The number of aliphatic carboxylic acids is 1. The van der Waals surface area contributed by atoms with Crippen molar-refractivity contribution < 1.29 is 9.90 Å². The van der Waals surface area contributed by atoms with Gasteiger partial charge in [-0.25, -0.2) is 4.98 Å². The lowest BCUT2D eigenvalue weighted by atomic mass is 9.76. The Labute approximate surface area is 123 Å². The number of carboxylic acid groups (broad SMARTS) is 1. The van der Waals surface area contributed by atoms with Crippen LogP contribution in [0.15, 0.2) is 5.38 Å². The van der Waals surface area contributed by atoms with Crippen molar-refractivity contribution in [1.82, 2.24) is 4.98 Å². The summed E-state index contributed by atoms with van der Waals surface area (Å²) in [6.45, 7) is 7.24. The van der Waals surface area contributed by atoms with Gasteiger partial charge >= 0.3 is 5.97 Å². The molecule has 1 aromatic rings. The smallest absolute Gasteiger partial charge is 0.303 e. The molecule has 108 valence electrons. The molecule has 1 unspecified atom stereocenters. The molecule has 0 fully saturated rings. The van der Waals surface area contributed by atoms with Crippen LogP contribution in [0.2, 0.25) is 5.15 Å². The minimum atomic E-state index is -0.728. The lowest BCUT2D eigenvalue weighted by Gasteiger charge is -2.30. The fourth-order valence-corrected chi connectivity index (χ4v) is 2.86. The minimum absolute atomic E-state index is 0.109. The van der Waals surface area contributed by atoms with Crippen LogP contribution in [-0.2, 0) is 4.79 Å². The number of carboxylic acids is 1. The van der Waals surface area contributed by atoms with Gasteiger partial charge in [-0.2, -0.15) is 0 Å². The molecule has 0 amide bonds. The second kappa shape index (κ2) is 7.10. The lowest BCUT2D eigenvalue weighted by Crippen LogP contribution is -2.24. The minimum Gasteiger partial charge on any atom is -0.481 e. The van der Waals surface area contributed by atoms with Crippen LogP contribution in [0.4, 0.5) is 5.13 Å². The molecular weight excluding hydrogens is 284 g/mol. The van der Waals surface area contributed by atoms with Gasteiger partial charge in [0.05, 0.1) is 0 Å². The van der Waals surface area contributed by atoms with E-state index < -0.39 is 5.97 Å². The van der Waals surface area contributed by atoms with Gasteiger partial charge < -0.3 is 10.4 Å². The maximum Gasteiger partial charge on any atom is 0.303 e. The molecule has 2 N–H and O–H groups in total. The summed E-state index contributed by atoms with van der Waals surface area (Å²) in [5.41, 5.74) is 0.109. The molecule has 0 radical (unpaired) electrons. The Kier molecular flexibility index (Phi) is 6.07. The fraction of sp³-hybridized carbons (Fsp3) is 0.692. The van der Waals surface area contributed by atoms with Gasteiger partial charge in [-0.05, 0) is 24.2 Å². The monoisotopic (exact) mass is 304 g/mol. The van der Waals surface area contributed by atoms with E-state index >= 15 is 0 Å². The topological polar surface area (TPSA) is 62.2 Å². The average molecular weight is 305 g/mol. The van der Waals surface area contributed by atoms with E-state index in [-0.39, 0.29) is 11.8 Å². The third kappa shape index (κ3) is 6.25. The van der Waals surface area contributed by atoms with Gasteiger partial charge in [0.2, 0.25) is 0 Å². The Bertz CT molecular complexity index is 415. The molecule has 1 heterocycles. The normalized spacial score (nSPS) is 13.3. The van der Waals surface area contributed by atoms with Crippen LogP contribution in [0.5, 0.6) is 0 Å². The second-order valence-corrected chi connectivity index (χ2v) is 6.93. The summed E-state index contributed by atoms with van der Waals surface area (Å²) in [6.07, 6.45) is 1.86. The van der Waals surface area contributed by atoms with E-state index in [1.54, 1.807) is 5.38 Å². The number of nitrogens with one attached hydrogen (secondary N) is 1. The lowest BCUT2D eigenvalue weighted by molar-refractivity contribution is -0.137. The Morgan fingerprint density at radius 2 is 2.21 bits per heavy atom. The molecule has 0 aliphatic carbocycles. The Morgan fingerprint density at radius 3 is 2.68 bits per heavy atom. The average Bonchev–Trinajstić information content (AvgIpc) is 2.67. The molecule has 0 aliphatic heterocycles. The third-order valence-corrected chi connectivity index (χ3v) is 4.30. The van der Waals surface area contributed by atoms with Crippen molar-refractivity contribution >= 4 is 34.0 Å². The van der Waals surface area contributed by atoms with Gasteiger partial charge in [-0.1, -0.05) is 32.4 Å². The molecule has 0 spiro atoms. The zero-order valence-electron chi connectivity index (χ0n) is 11.6. The molecule has 1 aromatic heterocycles. The van der Waals surface area contributed by atoms with Crippen LogP contribution >= 0.6 is 22.9 Å². The summed E-state index contributed by atoms with van der Waals surface area (Å²) in [5.74, 6) is -0.361. The molecule has 1 rings (SSSR count). The predicted octanol–water partition coefficient (Wildman–Crippen LogP) is 4.13. The molecule has 0 saturated carbocycles. The van der Waals surface area contributed by atoms with Gasteiger partial charge in [0.1, 0.15) is 5.15 Å². The number of anilines is 1. The van der Waals surface area contributed by atoms with Gasteiger partial charge in [0, 0.05) is 18.3 Å². The van der Waals surface area contributed by atoms with E-state index in [2.05, 4.69) is 31.1 Å². The Balaban J connectivity index is 2.42. The summed E-state index contributed by atoms with van der Waals surface area (Å²) < 4.78 is 0. The summed E-state index contributed by atoms with van der Waals surface area (Å²) in [6, 6.07) is 0.